The van der Waals surface area contributed by atoms with Crippen LogP contribution in [0.4, 0.5) is 0 Å². The Labute approximate surface area is 150 Å². The van der Waals surface area contributed by atoms with Crippen molar-refractivity contribution >= 4 is 11.4 Å². The minimum atomic E-state index is -0.284. The first-order chi connectivity index (χ1) is 12.5. The van der Waals surface area contributed by atoms with Gasteiger partial charge in [0.05, 0.1) is 16.8 Å². The summed E-state index contributed by atoms with van der Waals surface area (Å²) < 4.78 is 1.60. The van der Waals surface area contributed by atoms with Crippen LogP contribution >= 0.6 is 0 Å². The fourth-order valence-corrected chi connectivity index (χ4v) is 2.97. The third kappa shape index (κ3) is 2.73. The normalized spacial score (nSPS) is 11.0. The summed E-state index contributed by atoms with van der Waals surface area (Å²) in [5.74, 6) is -0.324. The van der Waals surface area contributed by atoms with Crippen molar-refractivity contribution in [2.45, 2.75) is 13.8 Å². The number of hydrogen-bond donors (Lipinski definition) is 1. The Morgan fingerprint density at radius 1 is 1.08 bits per heavy atom. The molecule has 0 spiro atoms. The van der Waals surface area contributed by atoms with E-state index >= 15 is 0 Å². The van der Waals surface area contributed by atoms with E-state index in [9.17, 15) is 9.90 Å². The van der Waals surface area contributed by atoms with Gasteiger partial charge in [-0.15, -0.1) is 0 Å². The van der Waals surface area contributed by atoms with Crippen molar-refractivity contribution in [3.63, 3.8) is 0 Å². The summed E-state index contributed by atoms with van der Waals surface area (Å²) in [6.07, 6.45) is 3.16. The topological polar surface area (TPSA) is 67.5 Å². The van der Waals surface area contributed by atoms with Crippen LogP contribution in [0.1, 0.15) is 27.0 Å². The number of rotatable bonds is 3. The van der Waals surface area contributed by atoms with Crippen LogP contribution in [-0.2, 0) is 0 Å². The van der Waals surface area contributed by atoms with Gasteiger partial charge in [0.25, 0.3) is 0 Å². The molecule has 0 atom stereocenters. The second-order valence-electron chi connectivity index (χ2n) is 6.34. The molecule has 0 aliphatic rings. The Hall–Kier alpha value is -3.47. The first-order valence-electron chi connectivity index (χ1n) is 8.29. The number of aryl methyl sites for hydroxylation is 2. The highest BCUT2D eigenvalue weighted by Gasteiger charge is 2.16. The standard InChI is InChI=1S/C21H17N3O2/c1-13-7-8-19(25)17(9-13)21(26)15-11-22-20-10-18(23-24(20)12-15)16-6-4-3-5-14(16)2/h3-12,25H,1-2H3. The molecule has 0 radical (unpaired) electrons. The SMILES string of the molecule is Cc1ccc(O)c(C(=O)c2cnc3cc(-c4ccccc4C)nn3c2)c1. The molecule has 0 saturated heterocycles. The monoisotopic (exact) mass is 343 g/mol. The maximum absolute atomic E-state index is 12.8. The van der Waals surface area contributed by atoms with Gasteiger partial charge in [0.15, 0.2) is 11.4 Å². The zero-order chi connectivity index (χ0) is 18.3. The van der Waals surface area contributed by atoms with Crippen molar-refractivity contribution < 1.29 is 9.90 Å². The van der Waals surface area contributed by atoms with Gasteiger partial charge >= 0.3 is 0 Å². The third-order valence-corrected chi connectivity index (χ3v) is 4.39. The molecule has 2 aromatic heterocycles. The number of fused-ring (bicyclic) bond motifs is 1. The lowest BCUT2D eigenvalue weighted by Crippen LogP contribution is -2.05. The van der Waals surface area contributed by atoms with Gasteiger partial charge in [0.1, 0.15) is 5.75 Å². The van der Waals surface area contributed by atoms with Gasteiger partial charge in [0.2, 0.25) is 0 Å². The summed E-state index contributed by atoms with van der Waals surface area (Å²) in [4.78, 5) is 17.1. The van der Waals surface area contributed by atoms with Crippen LogP contribution in [0.5, 0.6) is 5.75 Å². The number of phenols is 1. The molecule has 4 rings (SSSR count). The predicted octanol–water partition coefficient (Wildman–Crippen LogP) is 3.95. The number of benzene rings is 2. The van der Waals surface area contributed by atoms with Gasteiger partial charge in [-0.25, -0.2) is 9.50 Å². The molecule has 4 aromatic rings. The van der Waals surface area contributed by atoms with Crippen LogP contribution in [0.3, 0.4) is 0 Å². The van der Waals surface area contributed by atoms with Crippen LogP contribution in [0, 0.1) is 13.8 Å². The van der Waals surface area contributed by atoms with Crippen LogP contribution in [0.2, 0.25) is 0 Å². The van der Waals surface area contributed by atoms with Crippen molar-refractivity contribution in [2.24, 2.45) is 0 Å². The average molecular weight is 343 g/mol. The molecule has 0 aliphatic heterocycles. The molecular formula is C21H17N3O2. The van der Waals surface area contributed by atoms with E-state index in [2.05, 4.69) is 10.1 Å². The second-order valence-corrected chi connectivity index (χ2v) is 6.34. The molecule has 1 N–H and O–H groups in total. The second kappa shape index (κ2) is 6.11. The van der Waals surface area contributed by atoms with E-state index in [1.54, 1.807) is 22.8 Å². The molecule has 2 heterocycles. The molecule has 0 unspecified atom stereocenters. The number of carbonyl (C=O) groups excluding carboxylic acids is 1. The Morgan fingerprint density at radius 2 is 1.88 bits per heavy atom. The lowest BCUT2D eigenvalue weighted by Gasteiger charge is -2.05. The minimum absolute atomic E-state index is 0.0400. The highest BCUT2D eigenvalue weighted by atomic mass is 16.3. The number of aromatic hydroxyl groups is 1. The van der Waals surface area contributed by atoms with Crippen molar-refractivity contribution in [1.82, 2.24) is 14.6 Å². The molecule has 0 aliphatic carbocycles. The number of aromatic nitrogens is 3. The molecule has 0 bridgehead atoms. The Morgan fingerprint density at radius 3 is 2.69 bits per heavy atom. The van der Waals surface area contributed by atoms with Crippen molar-refractivity contribution in [2.75, 3.05) is 0 Å². The fraction of sp³-hybridized carbons (Fsp3) is 0.0952. The van der Waals surface area contributed by atoms with E-state index in [0.29, 0.717) is 11.2 Å². The van der Waals surface area contributed by atoms with Gasteiger partial charge < -0.3 is 5.11 Å². The number of phenolic OH excluding ortho intramolecular Hbond substituents is 1. The summed E-state index contributed by atoms with van der Waals surface area (Å²) in [6, 6.07) is 14.8. The summed E-state index contributed by atoms with van der Waals surface area (Å²) in [5, 5.41) is 14.6. The summed E-state index contributed by atoms with van der Waals surface area (Å²) >= 11 is 0. The van der Waals surface area contributed by atoms with Gasteiger partial charge in [-0.3, -0.25) is 4.79 Å². The lowest BCUT2D eigenvalue weighted by atomic mass is 10.0. The van der Waals surface area contributed by atoms with Crippen LogP contribution in [0.15, 0.2) is 60.9 Å². The van der Waals surface area contributed by atoms with E-state index in [1.807, 2.05) is 44.2 Å². The first kappa shape index (κ1) is 16.0. The summed E-state index contributed by atoms with van der Waals surface area (Å²) in [7, 11) is 0. The van der Waals surface area contributed by atoms with Crippen molar-refractivity contribution in [3.8, 4) is 17.0 Å². The molecular weight excluding hydrogens is 326 g/mol. The minimum Gasteiger partial charge on any atom is -0.507 e. The predicted molar refractivity (Wildman–Crippen MR) is 99.4 cm³/mol. The molecule has 2 aromatic carbocycles. The van der Waals surface area contributed by atoms with Crippen LogP contribution < -0.4 is 0 Å². The van der Waals surface area contributed by atoms with E-state index in [4.69, 9.17) is 0 Å². The Bertz CT molecular complexity index is 1150. The number of hydrogen-bond acceptors (Lipinski definition) is 4. The molecule has 5 heteroatoms. The first-order valence-corrected chi connectivity index (χ1v) is 8.29. The van der Waals surface area contributed by atoms with Crippen molar-refractivity contribution in [3.05, 3.63) is 83.2 Å². The highest BCUT2D eigenvalue weighted by molar-refractivity contribution is 6.10. The van der Waals surface area contributed by atoms with Crippen LogP contribution in [0.25, 0.3) is 16.9 Å². The van der Waals surface area contributed by atoms with E-state index in [1.165, 1.54) is 12.3 Å². The summed E-state index contributed by atoms with van der Waals surface area (Å²) in [6.45, 7) is 3.90. The van der Waals surface area contributed by atoms with Gasteiger partial charge in [-0.05, 0) is 31.5 Å². The zero-order valence-electron chi connectivity index (χ0n) is 14.5. The summed E-state index contributed by atoms with van der Waals surface area (Å²) in [5.41, 5.74) is 5.15. The Kier molecular flexibility index (Phi) is 3.77. The largest absolute Gasteiger partial charge is 0.507 e. The molecule has 26 heavy (non-hydrogen) atoms. The zero-order valence-corrected chi connectivity index (χ0v) is 14.5. The van der Waals surface area contributed by atoms with E-state index in [0.717, 1.165) is 22.4 Å². The lowest BCUT2D eigenvalue weighted by molar-refractivity contribution is 0.103. The maximum atomic E-state index is 12.8. The molecule has 128 valence electrons. The molecule has 0 fully saturated rings. The van der Waals surface area contributed by atoms with E-state index in [-0.39, 0.29) is 17.1 Å². The van der Waals surface area contributed by atoms with Gasteiger partial charge in [-0.2, -0.15) is 5.10 Å². The van der Waals surface area contributed by atoms with Gasteiger partial charge in [0, 0.05) is 24.0 Å². The quantitative estimate of drug-likeness (QED) is 0.572. The Balaban J connectivity index is 1.78. The van der Waals surface area contributed by atoms with Crippen LogP contribution in [-0.4, -0.2) is 25.5 Å². The smallest absolute Gasteiger partial charge is 0.199 e. The molecule has 0 saturated carbocycles. The number of carbonyl (C=O) groups is 1. The molecule has 5 nitrogen and oxygen atoms in total. The maximum Gasteiger partial charge on any atom is 0.199 e. The molecule has 0 amide bonds. The average Bonchev–Trinajstić information content (AvgIpc) is 3.06. The number of nitrogens with zero attached hydrogens (tertiary/aromatic N) is 3. The number of ketones is 1. The van der Waals surface area contributed by atoms with Crippen molar-refractivity contribution in [1.29, 1.82) is 0 Å². The third-order valence-electron chi connectivity index (χ3n) is 4.39. The highest BCUT2D eigenvalue weighted by Crippen LogP contribution is 2.24. The van der Waals surface area contributed by atoms with Gasteiger partial charge in [-0.1, -0.05) is 35.9 Å². The fourth-order valence-electron chi connectivity index (χ4n) is 2.97. The van der Waals surface area contributed by atoms with E-state index < -0.39 is 0 Å².